The summed E-state index contributed by atoms with van der Waals surface area (Å²) in [6, 6.07) is 82.3. The van der Waals surface area contributed by atoms with Crippen molar-refractivity contribution >= 4 is 17.1 Å². The Bertz CT molecular complexity index is 2860. The minimum absolute atomic E-state index is 0.344. The van der Waals surface area contributed by atoms with Crippen LogP contribution >= 0.6 is 0 Å². The van der Waals surface area contributed by atoms with E-state index in [-0.39, 0.29) is 5.41 Å². The van der Waals surface area contributed by atoms with E-state index in [2.05, 4.69) is 229 Å². The highest BCUT2D eigenvalue weighted by atomic mass is 15.1. The normalized spacial score (nSPS) is 12.8. The quantitative estimate of drug-likeness (QED) is 0.166. The lowest BCUT2D eigenvalue weighted by molar-refractivity contribution is 0.794. The predicted molar refractivity (Wildman–Crippen MR) is 234 cm³/mol. The zero-order chi connectivity index (χ0) is 37.1. The lowest BCUT2D eigenvalue weighted by Crippen LogP contribution is -2.25. The highest BCUT2D eigenvalue weighted by Crippen LogP contribution is 2.63. The Kier molecular flexibility index (Phi) is 7.47. The van der Waals surface area contributed by atoms with Gasteiger partial charge in [-0.25, -0.2) is 0 Å². The fourth-order valence-corrected chi connectivity index (χ4v) is 9.49. The van der Waals surface area contributed by atoms with E-state index in [1.54, 1.807) is 0 Å². The molecule has 0 bridgehead atoms. The van der Waals surface area contributed by atoms with Crippen molar-refractivity contribution in [1.82, 2.24) is 0 Å². The van der Waals surface area contributed by atoms with Crippen LogP contribution in [0, 0.1) is 0 Å². The Balaban J connectivity index is 1.07. The summed E-state index contributed by atoms with van der Waals surface area (Å²) in [7, 11) is 0. The molecule has 0 saturated heterocycles. The fraction of sp³-hybridized carbons (Fsp3) is 0.0182. The summed E-state index contributed by atoms with van der Waals surface area (Å²) in [5.74, 6) is 0. The second kappa shape index (κ2) is 13.0. The monoisotopic (exact) mass is 711 g/mol. The summed E-state index contributed by atoms with van der Waals surface area (Å²) in [6.45, 7) is 0. The molecule has 0 heterocycles. The molecule has 9 aromatic carbocycles. The minimum Gasteiger partial charge on any atom is -0.310 e. The molecule has 0 aromatic heterocycles. The summed E-state index contributed by atoms with van der Waals surface area (Å²) in [4.78, 5) is 2.41. The molecule has 0 aliphatic heterocycles. The topological polar surface area (TPSA) is 3.24 Å². The molecule has 1 spiro atoms. The Labute approximate surface area is 328 Å². The van der Waals surface area contributed by atoms with Crippen LogP contribution in [0.5, 0.6) is 0 Å². The molecule has 0 fully saturated rings. The molecule has 9 aromatic rings. The molecule has 11 rings (SSSR count). The van der Waals surface area contributed by atoms with Crippen LogP contribution < -0.4 is 4.90 Å². The average Bonchev–Trinajstić information content (AvgIpc) is 3.75. The van der Waals surface area contributed by atoms with Crippen molar-refractivity contribution < 1.29 is 0 Å². The van der Waals surface area contributed by atoms with E-state index < -0.39 is 0 Å². The van der Waals surface area contributed by atoms with Crippen LogP contribution in [-0.4, -0.2) is 0 Å². The summed E-state index contributed by atoms with van der Waals surface area (Å²) in [5.41, 5.74) is 20.9. The predicted octanol–water partition coefficient (Wildman–Crippen LogP) is 14.5. The SMILES string of the molecule is c1ccc(-c2ccc(N(c3cccc(-c4ccc5c(c4)-c4ccccc4C54c5ccccc5-c5ccccc54)c3)c3ccccc3-c3ccccc3)cc2)cc1. The molecule has 0 saturated carbocycles. The second-order valence-electron chi connectivity index (χ2n) is 14.8. The minimum atomic E-state index is -0.344. The van der Waals surface area contributed by atoms with Crippen molar-refractivity contribution in [3.8, 4) is 55.6 Å². The van der Waals surface area contributed by atoms with E-state index in [1.165, 1.54) is 77.9 Å². The molecule has 2 aliphatic carbocycles. The molecule has 1 nitrogen and oxygen atoms in total. The van der Waals surface area contributed by atoms with Crippen LogP contribution in [-0.2, 0) is 5.41 Å². The molecule has 56 heavy (non-hydrogen) atoms. The van der Waals surface area contributed by atoms with Crippen molar-refractivity contribution in [2.75, 3.05) is 4.90 Å². The highest BCUT2D eigenvalue weighted by molar-refractivity contribution is 5.96. The van der Waals surface area contributed by atoms with Crippen molar-refractivity contribution in [1.29, 1.82) is 0 Å². The number of benzene rings is 9. The van der Waals surface area contributed by atoms with Gasteiger partial charge in [-0.05, 0) is 109 Å². The van der Waals surface area contributed by atoms with Gasteiger partial charge in [-0.15, -0.1) is 0 Å². The first-order valence-corrected chi connectivity index (χ1v) is 19.4. The summed E-state index contributed by atoms with van der Waals surface area (Å²) >= 11 is 0. The van der Waals surface area contributed by atoms with E-state index >= 15 is 0 Å². The van der Waals surface area contributed by atoms with Crippen molar-refractivity contribution in [3.05, 3.63) is 247 Å². The van der Waals surface area contributed by atoms with Crippen molar-refractivity contribution in [2.24, 2.45) is 0 Å². The van der Waals surface area contributed by atoms with Crippen LogP contribution in [0.3, 0.4) is 0 Å². The van der Waals surface area contributed by atoms with Gasteiger partial charge in [0.1, 0.15) is 0 Å². The summed E-state index contributed by atoms with van der Waals surface area (Å²) < 4.78 is 0. The smallest absolute Gasteiger partial charge is 0.0725 e. The number of para-hydroxylation sites is 1. The zero-order valence-corrected chi connectivity index (χ0v) is 30.8. The van der Waals surface area contributed by atoms with Gasteiger partial charge in [0.25, 0.3) is 0 Å². The number of hydrogen-bond donors (Lipinski definition) is 0. The third-order valence-corrected chi connectivity index (χ3v) is 11.9. The molecule has 1 heteroatoms. The first-order chi connectivity index (χ1) is 27.8. The van der Waals surface area contributed by atoms with Gasteiger partial charge in [0.2, 0.25) is 0 Å². The Morgan fingerprint density at radius 3 is 1.34 bits per heavy atom. The Hall–Kier alpha value is -7.22. The lowest BCUT2D eigenvalue weighted by atomic mass is 9.70. The standard InChI is InChI=1S/C55H37N/c1-3-16-38(17-4-1)39-30-33-43(34-31-39)56(54-29-14-10-22-45(54)40-18-5-2-6-19-40)44-21-15-20-41(36-44)42-32-35-53-49(37-42)48-25-9-13-28-52(48)55(53)50-26-11-7-23-46(50)47-24-8-12-27-51(47)55/h1-37H. The van der Waals surface area contributed by atoms with E-state index in [1.807, 2.05) is 0 Å². The molecular formula is C55H37N. The summed E-state index contributed by atoms with van der Waals surface area (Å²) in [5, 5.41) is 0. The van der Waals surface area contributed by atoms with Crippen molar-refractivity contribution in [2.45, 2.75) is 5.41 Å². The van der Waals surface area contributed by atoms with Crippen LogP contribution in [0.2, 0.25) is 0 Å². The molecule has 2 aliphatic rings. The molecule has 0 amide bonds. The van der Waals surface area contributed by atoms with Crippen LogP contribution in [0.4, 0.5) is 17.1 Å². The number of nitrogens with zero attached hydrogens (tertiary/aromatic N) is 1. The van der Waals surface area contributed by atoms with Gasteiger partial charge in [-0.1, -0.05) is 188 Å². The molecule has 0 N–H and O–H groups in total. The van der Waals surface area contributed by atoms with Gasteiger partial charge < -0.3 is 4.90 Å². The van der Waals surface area contributed by atoms with E-state index in [0.29, 0.717) is 0 Å². The fourth-order valence-electron chi connectivity index (χ4n) is 9.49. The maximum Gasteiger partial charge on any atom is 0.0725 e. The first-order valence-electron chi connectivity index (χ1n) is 19.4. The maximum atomic E-state index is 2.43. The van der Waals surface area contributed by atoms with Crippen LogP contribution in [0.25, 0.3) is 55.6 Å². The van der Waals surface area contributed by atoms with Gasteiger partial charge >= 0.3 is 0 Å². The van der Waals surface area contributed by atoms with E-state index in [0.717, 1.165) is 17.1 Å². The van der Waals surface area contributed by atoms with Gasteiger partial charge in [-0.3, -0.25) is 0 Å². The Morgan fingerprint density at radius 1 is 0.250 bits per heavy atom. The molecule has 0 atom stereocenters. The van der Waals surface area contributed by atoms with Gasteiger partial charge in [-0.2, -0.15) is 0 Å². The largest absolute Gasteiger partial charge is 0.310 e. The number of rotatable bonds is 6. The lowest BCUT2D eigenvalue weighted by Gasteiger charge is -2.30. The van der Waals surface area contributed by atoms with Gasteiger partial charge in [0, 0.05) is 16.9 Å². The third-order valence-electron chi connectivity index (χ3n) is 11.9. The highest BCUT2D eigenvalue weighted by Gasteiger charge is 2.51. The third kappa shape index (κ3) is 4.88. The van der Waals surface area contributed by atoms with Gasteiger partial charge in [0.05, 0.1) is 11.1 Å². The number of hydrogen-bond acceptors (Lipinski definition) is 1. The van der Waals surface area contributed by atoms with Crippen molar-refractivity contribution in [3.63, 3.8) is 0 Å². The molecule has 262 valence electrons. The Morgan fingerprint density at radius 2 is 0.696 bits per heavy atom. The summed E-state index contributed by atoms with van der Waals surface area (Å²) in [6.07, 6.45) is 0. The number of anilines is 3. The van der Waals surface area contributed by atoms with E-state index in [4.69, 9.17) is 0 Å². The zero-order valence-electron chi connectivity index (χ0n) is 30.8. The van der Waals surface area contributed by atoms with Crippen LogP contribution in [0.1, 0.15) is 22.3 Å². The molecular weight excluding hydrogens is 675 g/mol. The average molecular weight is 712 g/mol. The van der Waals surface area contributed by atoms with Crippen LogP contribution in [0.15, 0.2) is 224 Å². The first kappa shape index (κ1) is 32.2. The molecule has 0 radical (unpaired) electrons. The van der Waals surface area contributed by atoms with Gasteiger partial charge in [0.15, 0.2) is 0 Å². The van der Waals surface area contributed by atoms with E-state index in [9.17, 15) is 0 Å². The molecule has 0 unspecified atom stereocenters. The second-order valence-corrected chi connectivity index (χ2v) is 14.8. The maximum absolute atomic E-state index is 2.43. The number of fused-ring (bicyclic) bond motifs is 10.